The lowest BCUT2D eigenvalue weighted by Crippen LogP contribution is -2.16. The van der Waals surface area contributed by atoms with Gasteiger partial charge in [-0.25, -0.2) is 13.8 Å². The number of halogens is 2. The normalized spacial score (nSPS) is 10.7. The van der Waals surface area contributed by atoms with Crippen LogP contribution in [0, 0.1) is 18.6 Å². The van der Waals surface area contributed by atoms with Crippen molar-refractivity contribution in [1.29, 1.82) is 0 Å². The van der Waals surface area contributed by atoms with Gasteiger partial charge < -0.3 is 9.73 Å². The molecule has 0 saturated heterocycles. The van der Waals surface area contributed by atoms with E-state index in [4.69, 9.17) is 4.42 Å². The van der Waals surface area contributed by atoms with Gasteiger partial charge in [-0.3, -0.25) is 4.79 Å². The van der Waals surface area contributed by atoms with Crippen LogP contribution in [-0.4, -0.2) is 10.9 Å². The maximum atomic E-state index is 13.5. The van der Waals surface area contributed by atoms with Crippen molar-refractivity contribution in [3.05, 3.63) is 58.8 Å². The minimum absolute atomic E-state index is 0.0866. The molecule has 0 unspecified atom stereocenters. The van der Waals surface area contributed by atoms with E-state index in [2.05, 4.69) is 10.3 Å². The Balaban J connectivity index is 1.74. The maximum Gasteiger partial charge on any atom is 0.236 e. The molecule has 7 heteroatoms. The van der Waals surface area contributed by atoms with Gasteiger partial charge in [-0.2, -0.15) is 0 Å². The third kappa shape index (κ3) is 3.45. The fourth-order valence-corrected chi connectivity index (χ4v) is 2.69. The van der Waals surface area contributed by atoms with E-state index < -0.39 is 17.5 Å². The molecule has 0 fully saturated rings. The second-order valence-electron chi connectivity index (χ2n) is 4.85. The number of nitrogens with one attached hydrogen (secondary N) is 1. The van der Waals surface area contributed by atoms with Gasteiger partial charge in [-0.05, 0) is 30.5 Å². The highest BCUT2D eigenvalue weighted by Crippen LogP contribution is 2.26. The number of thiophene rings is 1. The molecule has 0 aliphatic heterocycles. The molecule has 1 amide bonds. The lowest BCUT2D eigenvalue weighted by molar-refractivity contribution is -0.115. The zero-order valence-corrected chi connectivity index (χ0v) is 12.9. The number of carbonyl (C=O) groups excluding carboxylic acids is 1. The van der Waals surface area contributed by atoms with E-state index in [1.54, 1.807) is 6.92 Å². The van der Waals surface area contributed by atoms with E-state index in [9.17, 15) is 13.6 Å². The zero-order valence-electron chi connectivity index (χ0n) is 12.1. The molecule has 23 heavy (non-hydrogen) atoms. The highest BCUT2D eigenvalue weighted by molar-refractivity contribution is 7.13. The average Bonchev–Trinajstić information content (AvgIpc) is 3.13. The van der Waals surface area contributed by atoms with Crippen LogP contribution in [0.1, 0.15) is 11.5 Å². The summed E-state index contributed by atoms with van der Waals surface area (Å²) in [6.45, 7) is 1.70. The Morgan fingerprint density at radius 3 is 2.91 bits per heavy atom. The summed E-state index contributed by atoms with van der Waals surface area (Å²) in [5.74, 6) is -0.862. The lowest BCUT2D eigenvalue weighted by Gasteiger charge is -2.05. The summed E-state index contributed by atoms with van der Waals surface area (Å²) in [7, 11) is 0. The average molecular weight is 334 g/mol. The summed E-state index contributed by atoms with van der Waals surface area (Å²) in [6.07, 6.45) is -0.0866. The van der Waals surface area contributed by atoms with Crippen molar-refractivity contribution in [3.63, 3.8) is 0 Å². The summed E-state index contributed by atoms with van der Waals surface area (Å²) in [5.41, 5.74) is 0.261. The number of hydrogen-bond acceptors (Lipinski definition) is 4. The molecule has 0 atom stereocenters. The Bertz CT molecular complexity index is 844. The number of amides is 1. The van der Waals surface area contributed by atoms with Crippen molar-refractivity contribution in [1.82, 2.24) is 4.98 Å². The van der Waals surface area contributed by atoms with Gasteiger partial charge in [0.1, 0.15) is 17.4 Å². The van der Waals surface area contributed by atoms with Gasteiger partial charge in [0.05, 0.1) is 22.7 Å². The number of carbonyl (C=O) groups is 1. The number of oxazole rings is 1. The minimum Gasteiger partial charge on any atom is -0.440 e. The fraction of sp³-hybridized carbons (Fsp3) is 0.125. The highest BCUT2D eigenvalue weighted by Gasteiger charge is 2.16. The van der Waals surface area contributed by atoms with E-state index in [0.29, 0.717) is 17.3 Å². The summed E-state index contributed by atoms with van der Waals surface area (Å²) >= 11 is 1.48. The van der Waals surface area contributed by atoms with Gasteiger partial charge >= 0.3 is 0 Å². The van der Waals surface area contributed by atoms with Gasteiger partial charge in [0.15, 0.2) is 0 Å². The molecule has 1 aromatic carbocycles. The molecular formula is C16H12F2N2O2S. The molecule has 3 aromatic rings. The molecule has 2 aromatic heterocycles. The molecule has 1 N–H and O–H groups in total. The number of benzene rings is 1. The molecule has 0 bridgehead atoms. The topological polar surface area (TPSA) is 55.1 Å². The number of nitrogens with zero attached hydrogens (tertiary/aromatic N) is 1. The van der Waals surface area contributed by atoms with E-state index in [0.717, 1.165) is 23.1 Å². The van der Waals surface area contributed by atoms with Crippen molar-refractivity contribution in [3.8, 4) is 10.8 Å². The van der Waals surface area contributed by atoms with Crippen LogP contribution in [0.5, 0.6) is 0 Å². The standard InChI is InChI=1S/C16H12F2N2O2S/c1-9-12(20-16(22-9)14-3-2-6-23-14)8-15(21)19-13-7-10(17)4-5-11(13)18/h2-7H,8H2,1H3,(H,19,21). The molecule has 0 radical (unpaired) electrons. The molecule has 3 rings (SSSR count). The first kappa shape index (κ1) is 15.4. The molecule has 2 heterocycles. The van der Waals surface area contributed by atoms with Crippen LogP contribution < -0.4 is 5.32 Å². The third-order valence-corrected chi connectivity index (χ3v) is 4.01. The van der Waals surface area contributed by atoms with Crippen LogP contribution in [0.25, 0.3) is 10.8 Å². The van der Waals surface area contributed by atoms with E-state index in [1.807, 2.05) is 17.5 Å². The van der Waals surface area contributed by atoms with Gasteiger partial charge in [-0.1, -0.05) is 6.07 Å². The van der Waals surface area contributed by atoms with E-state index in [-0.39, 0.29) is 12.1 Å². The minimum atomic E-state index is -0.698. The van der Waals surface area contributed by atoms with Crippen LogP contribution >= 0.6 is 11.3 Å². The number of aromatic nitrogens is 1. The molecule has 0 aliphatic rings. The first-order valence-electron chi connectivity index (χ1n) is 6.78. The van der Waals surface area contributed by atoms with Crippen molar-refractivity contribution in [2.24, 2.45) is 0 Å². The second-order valence-corrected chi connectivity index (χ2v) is 5.80. The lowest BCUT2D eigenvalue weighted by atomic mass is 10.2. The van der Waals surface area contributed by atoms with Gasteiger partial charge in [0.2, 0.25) is 11.8 Å². The maximum absolute atomic E-state index is 13.5. The molecular weight excluding hydrogens is 322 g/mol. The first-order chi connectivity index (χ1) is 11.0. The van der Waals surface area contributed by atoms with Crippen molar-refractivity contribution < 1.29 is 18.0 Å². The summed E-state index contributed by atoms with van der Waals surface area (Å²) in [4.78, 5) is 17.2. The SMILES string of the molecule is Cc1oc(-c2cccs2)nc1CC(=O)Nc1cc(F)ccc1F. The molecule has 4 nitrogen and oxygen atoms in total. The monoisotopic (exact) mass is 334 g/mol. The zero-order chi connectivity index (χ0) is 16.4. The second kappa shape index (κ2) is 6.29. The van der Waals surface area contributed by atoms with Crippen LogP contribution in [0.4, 0.5) is 14.5 Å². The van der Waals surface area contributed by atoms with E-state index in [1.165, 1.54) is 11.3 Å². The summed E-state index contributed by atoms with van der Waals surface area (Å²) in [6, 6.07) is 6.61. The number of rotatable bonds is 4. The number of hydrogen-bond donors (Lipinski definition) is 1. The predicted octanol–water partition coefficient (Wildman–Crippen LogP) is 4.17. The quantitative estimate of drug-likeness (QED) is 0.779. The van der Waals surface area contributed by atoms with Crippen LogP contribution in [0.2, 0.25) is 0 Å². The smallest absolute Gasteiger partial charge is 0.236 e. The molecule has 0 spiro atoms. The fourth-order valence-electron chi connectivity index (χ4n) is 2.04. The van der Waals surface area contributed by atoms with Crippen LogP contribution in [0.3, 0.4) is 0 Å². The van der Waals surface area contributed by atoms with Crippen molar-refractivity contribution in [2.45, 2.75) is 13.3 Å². The predicted molar refractivity (Wildman–Crippen MR) is 83.2 cm³/mol. The van der Waals surface area contributed by atoms with Crippen LogP contribution in [0.15, 0.2) is 40.1 Å². The Morgan fingerprint density at radius 2 is 2.17 bits per heavy atom. The van der Waals surface area contributed by atoms with Crippen LogP contribution in [-0.2, 0) is 11.2 Å². The summed E-state index contributed by atoms with van der Waals surface area (Å²) < 4.78 is 32.2. The number of aryl methyl sites for hydroxylation is 1. The van der Waals surface area contributed by atoms with E-state index >= 15 is 0 Å². The Kier molecular flexibility index (Phi) is 4.20. The number of anilines is 1. The molecule has 0 saturated carbocycles. The Morgan fingerprint density at radius 1 is 1.35 bits per heavy atom. The molecule has 0 aliphatic carbocycles. The third-order valence-electron chi connectivity index (χ3n) is 3.16. The van der Waals surface area contributed by atoms with Crippen molar-refractivity contribution >= 4 is 22.9 Å². The largest absolute Gasteiger partial charge is 0.440 e. The van der Waals surface area contributed by atoms with Gasteiger partial charge in [0, 0.05) is 6.07 Å². The van der Waals surface area contributed by atoms with Crippen molar-refractivity contribution in [2.75, 3.05) is 5.32 Å². The highest BCUT2D eigenvalue weighted by atomic mass is 32.1. The first-order valence-corrected chi connectivity index (χ1v) is 7.66. The summed E-state index contributed by atoms with van der Waals surface area (Å²) in [5, 5.41) is 4.23. The Hall–Kier alpha value is -2.54. The van der Waals surface area contributed by atoms with Gasteiger partial charge in [-0.15, -0.1) is 11.3 Å². The molecule has 118 valence electrons. The van der Waals surface area contributed by atoms with Gasteiger partial charge in [0.25, 0.3) is 0 Å². The Labute approximate surface area is 134 Å².